The fourth-order valence-corrected chi connectivity index (χ4v) is 0.988. The van der Waals surface area contributed by atoms with Gasteiger partial charge in [0.25, 0.3) is 0 Å². The maximum Gasteiger partial charge on any atom is 0.250 e. The fourth-order valence-electron chi connectivity index (χ4n) is 0.988. The second kappa shape index (κ2) is 3.70. The van der Waals surface area contributed by atoms with Crippen molar-refractivity contribution in [3.63, 3.8) is 0 Å². The number of aromatic nitrogens is 2. The second-order valence-corrected chi connectivity index (χ2v) is 3.10. The van der Waals surface area contributed by atoms with Gasteiger partial charge in [-0.05, 0) is 26.8 Å². The molecule has 1 aromatic heterocycles. The van der Waals surface area contributed by atoms with Gasteiger partial charge in [0.15, 0.2) is 0 Å². The molecule has 4 heteroatoms. The second-order valence-electron chi connectivity index (χ2n) is 3.10. The zero-order chi connectivity index (χ0) is 9.90. The van der Waals surface area contributed by atoms with Crippen LogP contribution < -0.4 is 0 Å². The van der Waals surface area contributed by atoms with Crippen LogP contribution in [0.4, 0.5) is 0 Å². The summed E-state index contributed by atoms with van der Waals surface area (Å²) in [5.74, 6) is 0.965. The van der Waals surface area contributed by atoms with Gasteiger partial charge in [0.2, 0.25) is 11.7 Å². The summed E-state index contributed by atoms with van der Waals surface area (Å²) in [4.78, 5) is 4.10. The quantitative estimate of drug-likeness (QED) is 0.714. The van der Waals surface area contributed by atoms with E-state index in [2.05, 4.69) is 16.7 Å². The summed E-state index contributed by atoms with van der Waals surface area (Å²) in [5.41, 5.74) is -0.500. The highest BCUT2D eigenvalue weighted by Crippen LogP contribution is 2.21. The average molecular weight is 182 g/mol. The molecule has 0 saturated heterocycles. The van der Waals surface area contributed by atoms with Crippen LogP contribution >= 0.6 is 0 Å². The number of rotatable bonds is 4. The number of ether oxygens (including phenoxy) is 1. The standard InChI is InChI=1S/C9H14N2O2/c1-5-7-10-8(11-13-7)9(3,4)12-6-2/h5H,1,6H2,2-4H3. The molecule has 0 bridgehead atoms. The van der Waals surface area contributed by atoms with Gasteiger partial charge in [-0.25, -0.2) is 0 Å². The molecule has 0 aromatic carbocycles. The third-order valence-corrected chi connectivity index (χ3v) is 1.66. The molecule has 0 aliphatic rings. The Morgan fingerprint density at radius 3 is 2.77 bits per heavy atom. The lowest BCUT2D eigenvalue weighted by molar-refractivity contribution is -0.0221. The molecule has 72 valence electrons. The van der Waals surface area contributed by atoms with Crippen LogP contribution in [-0.2, 0) is 10.3 Å². The highest BCUT2D eigenvalue weighted by molar-refractivity contribution is 5.32. The van der Waals surface area contributed by atoms with Crippen molar-refractivity contribution in [1.29, 1.82) is 0 Å². The van der Waals surface area contributed by atoms with E-state index in [1.807, 2.05) is 20.8 Å². The first-order valence-electron chi connectivity index (χ1n) is 4.20. The Bertz CT molecular complexity index is 292. The molecule has 0 fully saturated rings. The summed E-state index contributed by atoms with van der Waals surface area (Å²) < 4.78 is 10.3. The molecule has 0 saturated carbocycles. The Morgan fingerprint density at radius 2 is 2.31 bits per heavy atom. The maximum absolute atomic E-state index is 5.45. The molecule has 0 unspecified atom stereocenters. The molecule has 0 radical (unpaired) electrons. The van der Waals surface area contributed by atoms with Crippen molar-refractivity contribution in [3.05, 3.63) is 18.3 Å². The van der Waals surface area contributed by atoms with Crippen molar-refractivity contribution in [2.45, 2.75) is 26.4 Å². The molecule has 0 amide bonds. The summed E-state index contributed by atoms with van der Waals surface area (Å²) >= 11 is 0. The molecule has 1 heterocycles. The molecule has 0 N–H and O–H groups in total. The van der Waals surface area contributed by atoms with Crippen LogP contribution in [0, 0.1) is 0 Å². The predicted molar refractivity (Wildman–Crippen MR) is 49.0 cm³/mol. The lowest BCUT2D eigenvalue weighted by Gasteiger charge is -2.19. The van der Waals surface area contributed by atoms with Crippen LogP contribution in [0.25, 0.3) is 6.08 Å². The Kier molecular flexibility index (Phi) is 2.83. The van der Waals surface area contributed by atoms with Gasteiger partial charge < -0.3 is 9.26 Å². The van der Waals surface area contributed by atoms with Gasteiger partial charge in [0.05, 0.1) is 0 Å². The maximum atomic E-state index is 5.45. The van der Waals surface area contributed by atoms with Gasteiger partial charge in [0.1, 0.15) is 5.60 Å². The van der Waals surface area contributed by atoms with E-state index < -0.39 is 5.60 Å². The normalized spacial score (nSPS) is 11.6. The minimum atomic E-state index is -0.500. The van der Waals surface area contributed by atoms with Crippen LogP contribution in [0.3, 0.4) is 0 Å². The SMILES string of the molecule is C=Cc1nc(C(C)(C)OCC)no1. The summed E-state index contributed by atoms with van der Waals surface area (Å²) in [6, 6.07) is 0. The molecule has 0 aliphatic heterocycles. The summed E-state index contributed by atoms with van der Waals surface area (Å²) in [7, 11) is 0. The van der Waals surface area contributed by atoms with E-state index in [9.17, 15) is 0 Å². The first kappa shape index (κ1) is 9.92. The first-order valence-corrected chi connectivity index (χ1v) is 4.20. The Balaban J connectivity index is 2.86. The van der Waals surface area contributed by atoms with Gasteiger partial charge >= 0.3 is 0 Å². The summed E-state index contributed by atoms with van der Waals surface area (Å²) in [5, 5.41) is 3.79. The molecule has 1 aromatic rings. The predicted octanol–water partition coefficient (Wildman–Crippen LogP) is 1.98. The molecule has 0 atom stereocenters. The molecule has 1 rings (SSSR count). The monoisotopic (exact) mass is 182 g/mol. The average Bonchev–Trinajstić information content (AvgIpc) is 2.52. The molecular formula is C9H14N2O2. The van der Waals surface area contributed by atoms with Crippen molar-refractivity contribution in [2.24, 2.45) is 0 Å². The van der Waals surface area contributed by atoms with E-state index >= 15 is 0 Å². The van der Waals surface area contributed by atoms with Crippen LogP contribution in [0.1, 0.15) is 32.5 Å². The minimum absolute atomic E-state index is 0.419. The number of nitrogens with zero attached hydrogens (tertiary/aromatic N) is 2. The van der Waals surface area contributed by atoms with E-state index in [0.717, 1.165) is 0 Å². The Morgan fingerprint density at radius 1 is 1.62 bits per heavy atom. The molecular weight excluding hydrogens is 168 g/mol. The van der Waals surface area contributed by atoms with Gasteiger partial charge in [-0.15, -0.1) is 0 Å². The highest BCUT2D eigenvalue weighted by Gasteiger charge is 2.26. The van der Waals surface area contributed by atoms with Crippen LogP contribution in [0.2, 0.25) is 0 Å². The third kappa shape index (κ3) is 2.15. The van der Waals surface area contributed by atoms with Gasteiger partial charge in [-0.1, -0.05) is 11.7 Å². The fraction of sp³-hybridized carbons (Fsp3) is 0.556. The van der Waals surface area contributed by atoms with Crippen LogP contribution in [0.5, 0.6) is 0 Å². The third-order valence-electron chi connectivity index (χ3n) is 1.66. The van der Waals surface area contributed by atoms with Crippen LogP contribution in [0.15, 0.2) is 11.1 Å². The van der Waals surface area contributed by atoms with Gasteiger partial charge in [-0.3, -0.25) is 0 Å². The Labute approximate surface area is 77.6 Å². The van der Waals surface area contributed by atoms with E-state index in [-0.39, 0.29) is 0 Å². The van der Waals surface area contributed by atoms with Crippen LogP contribution in [-0.4, -0.2) is 16.7 Å². The van der Waals surface area contributed by atoms with Crippen molar-refractivity contribution in [2.75, 3.05) is 6.61 Å². The van der Waals surface area contributed by atoms with Crippen molar-refractivity contribution >= 4 is 6.08 Å². The van der Waals surface area contributed by atoms with E-state index in [0.29, 0.717) is 18.3 Å². The zero-order valence-electron chi connectivity index (χ0n) is 8.20. The van der Waals surface area contributed by atoms with Gasteiger partial charge in [0, 0.05) is 6.61 Å². The van der Waals surface area contributed by atoms with Gasteiger partial charge in [-0.2, -0.15) is 4.98 Å². The minimum Gasteiger partial charge on any atom is -0.368 e. The first-order chi connectivity index (χ1) is 6.10. The lowest BCUT2D eigenvalue weighted by Crippen LogP contribution is -2.23. The number of hydrogen-bond acceptors (Lipinski definition) is 4. The molecule has 0 aliphatic carbocycles. The van der Waals surface area contributed by atoms with E-state index in [1.54, 1.807) is 0 Å². The van der Waals surface area contributed by atoms with Crippen molar-refractivity contribution < 1.29 is 9.26 Å². The molecule has 0 spiro atoms. The van der Waals surface area contributed by atoms with Crippen molar-refractivity contribution in [3.8, 4) is 0 Å². The van der Waals surface area contributed by atoms with E-state index in [4.69, 9.17) is 9.26 Å². The topological polar surface area (TPSA) is 48.2 Å². The lowest BCUT2D eigenvalue weighted by atomic mass is 10.1. The Hall–Kier alpha value is -1.16. The largest absolute Gasteiger partial charge is 0.368 e. The summed E-state index contributed by atoms with van der Waals surface area (Å²) in [6.07, 6.45) is 1.51. The zero-order valence-corrected chi connectivity index (χ0v) is 8.20. The molecule has 4 nitrogen and oxygen atoms in total. The highest BCUT2D eigenvalue weighted by atomic mass is 16.5. The van der Waals surface area contributed by atoms with Crippen molar-refractivity contribution in [1.82, 2.24) is 10.1 Å². The number of hydrogen-bond donors (Lipinski definition) is 0. The van der Waals surface area contributed by atoms with E-state index in [1.165, 1.54) is 6.08 Å². The molecule has 13 heavy (non-hydrogen) atoms. The summed E-state index contributed by atoms with van der Waals surface area (Å²) in [6.45, 7) is 9.87. The smallest absolute Gasteiger partial charge is 0.250 e.